The summed E-state index contributed by atoms with van der Waals surface area (Å²) in [5, 5.41) is 0. The molecule has 0 aliphatic rings. The summed E-state index contributed by atoms with van der Waals surface area (Å²) in [7, 11) is 0. The van der Waals surface area contributed by atoms with Crippen molar-refractivity contribution in [1.29, 1.82) is 0 Å². The van der Waals surface area contributed by atoms with E-state index in [9.17, 15) is 4.79 Å². The average Bonchev–Trinajstić information content (AvgIpc) is 2.10. The number of rotatable bonds is 3. The first kappa shape index (κ1) is 11.2. The monoisotopic (exact) mass is 256 g/mol. The van der Waals surface area contributed by atoms with Gasteiger partial charge in [-0.2, -0.15) is 0 Å². The van der Waals surface area contributed by atoms with Crippen LogP contribution in [0.15, 0.2) is 16.6 Å². The van der Waals surface area contributed by atoms with E-state index in [2.05, 4.69) is 15.9 Å². The summed E-state index contributed by atoms with van der Waals surface area (Å²) in [6.07, 6.45) is 0. The summed E-state index contributed by atoms with van der Waals surface area (Å²) < 4.78 is 6.22. The van der Waals surface area contributed by atoms with Gasteiger partial charge in [-0.15, -0.1) is 0 Å². The molecule has 0 amide bonds. The molecule has 3 heteroatoms. The van der Waals surface area contributed by atoms with Crippen molar-refractivity contribution >= 4 is 21.7 Å². The smallest absolute Gasteiger partial charge is 0.160 e. The number of carbonyl (C=O) groups is 1. The predicted octanol–water partition coefficient (Wildman–Crippen LogP) is 3.36. The van der Waals surface area contributed by atoms with Gasteiger partial charge in [0, 0.05) is 5.56 Å². The van der Waals surface area contributed by atoms with Crippen molar-refractivity contribution in [3.8, 4) is 5.75 Å². The molecular formula is C11H13BrO2. The Morgan fingerprint density at radius 2 is 2.14 bits per heavy atom. The second-order valence-electron chi connectivity index (χ2n) is 3.09. The SMILES string of the molecule is CCOc1cc(C)c(C(C)=O)cc1Br. The standard InChI is InChI=1S/C11H13BrO2/c1-4-14-11-5-7(2)9(8(3)13)6-10(11)12/h5-6H,4H2,1-3H3. The first-order valence-corrected chi connectivity index (χ1v) is 5.29. The molecule has 0 aromatic heterocycles. The second-order valence-corrected chi connectivity index (χ2v) is 3.94. The van der Waals surface area contributed by atoms with Crippen LogP contribution in [0.2, 0.25) is 0 Å². The second kappa shape index (κ2) is 4.60. The Kier molecular flexibility index (Phi) is 3.69. The van der Waals surface area contributed by atoms with Crippen LogP contribution in [-0.2, 0) is 0 Å². The fourth-order valence-electron chi connectivity index (χ4n) is 1.30. The molecule has 1 aromatic rings. The van der Waals surface area contributed by atoms with Gasteiger partial charge < -0.3 is 4.74 Å². The van der Waals surface area contributed by atoms with Crippen LogP contribution in [0.1, 0.15) is 29.8 Å². The Hall–Kier alpha value is -0.830. The van der Waals surface area contributed by atoms with Crippen molar-refractivity contribution in [1.82, 2.24) is 0 Å². The minimum atomic E-state index is 0.0752. The molecule has 0 aliphatic heterocycles. The van der Waals surface area contributed by atoms with Crippen molar-refractivity contribution in [3.63, 3.8) is 0 Å². The van der Waals surface area contributed by atoms with Crippen molar-refractivity contribution in [2.75, 3.05) is 6.61 Å². The van der Waals surface area contributed by atoms with E-state index in [0.29, 0.717) is 6.61 Å². The van der Waals surface area contributed by atoms with Crippen LogP contribution in [0.3, 0.4) is 0 Å². The number of aryl methyl sites for hydroxylation is 1. The molecule has 0 saturated carbocycles. The number of hydrogen-bond donors (Lipinski definition) is 0. The maximum absolute atomic E-state index is 11.2. The third-order valence-corrected chi connectivity index (χ3v) is 2.58. The fraction of sp³-hybridized carbons (Fsp3) is 0.364. The van der Waals surface area contributed by atoms with E-state index in [0.717, 1.165) is 21.3 Å². The Morgan fingerprint density at radius 1 is 1.50 bits per heavy atom. The molecule has 0 N–H and O–H groups in total. The number of carbonyl (C=O) groups excluding carboxylic acids is 1. The van der Waals surface area contributed by atoms with Gasteiger partial charge in [0.1, 0.15) is 5.75 Å². The quantitative estimate of drug-likeness (QED) is 0.776. The Morgan fingerprint density at radius 3 is 2.64 bits per heavy atom. The van der Waals surface area contributed by atoms with E-state index >= 15 is 0 Å². The zero-order valence-corrected chi connectivity index (χ0v) is 10.1. The number of halogens is 1. The molecular weight excluding hydrogens is 244 g/mol. The number of ether oxygens (including phenoxy) is 1. The molecule has 0 aliphatic carbocycles. The molecule has 1 aromatic carbocycles. The summed E-state index contributed by atoms with van der Waals surface area (Å²) in [5.41, 5.74) is 1.68. The maximum Gasteiger partial charge on any atom is 0.160 e. The van der Waals surface area contributed by atoms with E-state index in [1.54, 1.807) is 6.92 Å². The van der Waals surface area contributed by atoms with Gasteiger partial charge in [0.25, 0.3) is 0 Å². The van der Waals surface area contributed by atoms with Gasteiger partial charge in [0.15, 0.2) is 5.78 Å². The summed E-state index contributed by atoms with van der Waals surface area (Å²) in [6, 6.07) is 3.69. The summed E-state index contributed by atoms with van der Waals surface area (Å²) in [5.74, 6) is 0.862. The van der Waals surface area contributed by atoms with E-state index in [4.69, 9.17) is 4.74 Å². The van der Waals surface area contributed by atoms with Gasteiger partial charge in [-0.25, -0.2) is 0 Å². The number of benzene rings is 1. The van der Waals surface area contributed by atoms with Crippen LogP contribution in [0.25, 0.3) is 0 Å². The molecule has 0 radical (unpaired) electrons. The van der Waals surface area contributed by atoms with Crippen molar-refractivity contribution in [2.45, 2.75) is 20.8 Å². The van der Waals surface area contributed by atoms with Crippen LogP contribution in [-0.4, -0.2) is 12.4 Å². The van der Waals surface area contributed by atoms with E-state index in [1.165, 1.54) is 0 Å². The molecule has 1 rings (SSSR count). The largest absolute Gasteiger partial charge is 0.493 e. The first-order valence-electron chi connectivity index (χ1n) is 4.50. The lowest BCUT2D eigenvalue weighted by Crippen LogP contribution is -1.99. The normalized spacial score (nSPS) is 10.0. The molecule has 2 nitrogen and oxygen atoms in total. The zero-order valence-electron chi connectivity index (χ0n) is 8.56. The molecule has 0 spiro atoms. The van der Waals surface area contributed by atoms with E-state index in [1.807, 2.05) is 26.0 Å². The Bertz CT molecular complexity index is 359. The average molecular weight is 257 g/mol. The lowest BCUT2D eigenvalue weighted by molar-refractivity contribution is 0.101. The maximum atomic E-state index is 11.2. The highest BCUT2D eigenvalue weighted by molar-refractivity contribution is 9.10. The van der Waals surface area contributed by atoms with Crippen LogP contribution in [0, 0.1) is 6.92 Å². The van der Waals surface area contributed by atoms with Crippen LogP contribution >= 0.6 is 15.9 Å². The van der Waals surface area contributed by atoms with Crippen LogP contribution in [0.5, 0.6) is 5.75 Å². The summed E-state index contributed by atoms with van der Waals surface area (Å²) >= 11 is 3.37. The number of Topliss-reactive ketones (excluding diaryl/α,β-unsaturated/α-hetero) is 1. The van der Waals surface area contributed by atoms with E-state index in [-0.39, 0.29) is 5.78 Å². The molecule has 0 fully saturated rings. The minimum absolute atomic E-state index is 0.0752. The number of hydrogen-bond acceptors (Lipinski definition) is 2. The third kappa shape index (κ3) is 2.35. The van der Waals surface area contributed by atoms with Gasteiger partial charge in [-0.1, -0.05) is 0 Å². The lowest BCUT2D eigenvalue weighted by Gasteiger charge is -2.09. The fourth-order valence-corrected chi connectivity index (χ4v) is 1.76. The lowest BCUT2D eigenvalue weighted by atomic mass is 10.1. The highest BCUT2D eigenvalue weighted by Gasteiger charge is 2.09. The first-order chi connectivity index (χ1) is 6.56. The number of ketones is 1. The van der Waals surface area contributed by atoms with Crippen LogP contribution in [0.4, 0.5) is 0 Å². The van der Waals surface area contributed by atoms with Crippen molar-refractivity contribution in [3.05, 3.63) is 27.7 Å². The highest BCUT2D eigenvalue weighted by atomic mass is 79.9. The van der Waals surface area contributed by atoms with Gasteiger partial charge in [0.05, 0.1) is 11.1 Å². The van der Waals surface area contributed by atoms with Gasteiger partial charge in [-0.05, 0) is 54.4 Å². The Balaban J connectivity index is 3.17. The van der Waals surface area contributed by atoms with Gasteiger partial charge >= 0.3 is 0 Å². The van der Waals surface area contributed by atoms with Crippen molar-refractivity contribution < 1.29 is 9.53 Å². The molecule has 14 heavy (non-hydrogen) atoms. The highest BCUT2D eigenvalue weighted by Crippen LogP contribution is 2.28. The molecule has 0 saturated heterocycles. The zero-order chi connectivity index (χ0) is 10.7. The van der Waals surface area contributed by atoms with E-state index < -0.39 is 0 Å². The third-order valence-electron chi connectivity index (χ3n) is 1.96. The van der Waals surface area contributed by atoms with Crippen LogP contribution < -0.4 is 4.74 Å². The Labute approximate surface area is 92.4 Å². The predicted molar refractivity (Wildman–Crippen MR) is 60.1 cm³/mol. The molecule has 76 valence electrons. The minimum Gasteiger partial charge on any atom is -0.493 e. The molecule has 0 unspecified atom stereocenters. The molecule has 0 heterocycles. The van der Waals surface area contributed by atoms with Gasteiger partial charge in [-0.3, -0.25) is 4.79 Å². The summed E-state index contributed by atoms with van der Waals surface area (Å²) in [4.78, 5) is 11.2. The summed E-state index contributed by atoms with van der Waals surface area (Å²) in [6.45, 7) is 6.03. The van der Waals surface area contributed by atoms with Crippen molar-refractivity contribution in [2.24, 2.45) is 0 Å². The van der Waals surface area contributed by atoms with Gasteiger partial charge in [0.2, 0.25) is 0 Å². The molecule has 0 bridgehead atoms. The topological polar surface area (TPSA) is 26.3 Å². The molecule has 0 atom stereocenters.